The summed E-state index contributed by atoms with van der Waals surface area (Å²) in [4.78, 5) is 36.0. The van der Waals surface area contributed by atoms with Crippen molar-refractivity contribution in [1.29, 1.82) is 0 Å². The molecule has 0 aliphatic carbocycles. The van der Waals surface area contributed by atoms with Gasteiger partial charge in [-0.25, -0.2) is 9.36 Å². The van der Waals surface area contributed by atoms with Crippen LogP contribution in [-0.4, -0.2) is 32.0 Å². The first-order chi connectivity index (χ1) is 14.6. The molecular weight excluding hydrogens is 382 g/mol. The number of carbonyl (C=O) groups is 1. The Bertz CT molecular complexity index is 1330. The summed E-state index contributed by atoms with van der Waals surface area (Å²) in [7, 11) is 0. The maximum atomic E-state index is 12.2. The predicted octanol–water partition coefficient (Wildman–Crippen LogP) is 1.44. The number of nitrogens with one attached hydrogen (secondary N) is 1. The highest BCUT2D eigenvalue weighted by Crippen LogP contribution is 2.22. The maximum absolute atomic E-state index is 12.2. The molecular formula is C22H19N5O3. The van der Waals surface area contributed by atoms with Crippen LogP contribution in [0.25, 0.3) is 22.0 Å². The van der Waals surface area contributed by atoms with Crippen LogP contribution in [0.1, 0.15) is 0 Å². The molecule has 1 N–H and O–H groups in total. The van der Waals surface area contributed by atoms with Crippen LogP contribution in [0.5, 0.6) is 0 Å². The molecule has 30 heavy (non-hydrogen) atoms. The molecule has 0 aliphatic rings. The van der Waals surface area contributed by atoms with Crippen molar-refractivity contribution in [1.82, 2.24) is 24.9 Å². The van der Waals surface area contributed by atoms with E-state index in [9.17, 15) is 14.4 Å². The molecule has 4 rings (SSSR count). The molecule has 4 aromatic rings. The summed E-state index contributed by atoms with van der Waals surface area (Å²) in [5.41, 5.74) is 0.855. The first-order valence-corrected chi connectivity index (χ1v) is 9.46. The lowest BCUT2D eigenvalue weighted by atomic mass is 10.1. The van der Waals surface area contributed by atoms with Crippen LogP contribution >= 0.6 is 0 Å². The first-order valence-electron chi connectivity index (χ1n) is 9.46. The Morgan fingerprint density at radius 3 is 2.50 bits per heavy atom. The molecule has 0 aliphatic heterocycles. The van der Waals surface area contributed by atoms with Crippen molar-refractivity contribution in [2.75, 3.05) is 6.54 Å². The van der Waals surface area contributed by atoms with E-state index in [1.54, 1.807) is 12.1 Å². The Balaban J connectivity index is 1.46. The van der Waals surface area contributed by atoms with Crippen LogP contribution in [0.15, 0.2) is 82.5 Å². The Kier molecular flexibility index (Phi) is 5.47. The fourth-order valence-electron chi connectivity index (χ4n) is 3.11. The number of rotatable bonds is 6. The van der Waals surface area contributed by atoms with Crippen molar-refractivity contribution in [3.05, 3.63) is 93.6 Å². The number of fused-ring (bicyclic) bond motifs is 1. The molecule has 0 fully saturated rings. The zero-order chi connectivity index (χ0) is 20.9. The van der Waals surface area contributed by atoms with Crippen molar-refractivity contribution >= 4 is 16.7 Å². The third kappa shape index (κ3) is 4.33. The van der Waals surface area contributed by atoms with Crippen molar-refractivity contribution in [3.63, 3.8) is 0 Å². The van der Waals surface area contributed by atoms with E-state index < -0.39 is 0 Å². The van der Waals surface area contributed by atoms with Gasteiger partial charge in [-0.2, -0.15) is 10.2 Å². The third-order valence-electron chi connectivity index (χ3n) is 4.64. The number of hydrogen-bond acceptors (Lipinski definition) is 5. The van der Waals surface area contributed by atoms with Gasteiger partial charge in [0.1, 0.15) is 6.54 Å². The summed E-state index contributed by atoms with van der Waals surface area (Å²) in [5, 5.41) is 13.1. The summed E-state index contributed by atoms with van der Waals surface area (Å²) >= 11 is 0. The lowest BCUT2D eigenvalue weighted by molar-refractivity contribution is -0.121. The minimum absolute atomic E-state index is 0.211. The summed E-state index contributed by atoms with van der Waals surface area (Å²) in [6.07, 6.45) is 1.50. The minimum Gasteiger partial charge on any atom is -0.353 e. The number of nitrogens with zero attached hydrogens (tertiary/aromatic N) is 4. The average molecular weight is 401 g/mol. The molecule has 2 aromatic carbocycles. The zero-order valence-electron chi connectivity index (χ0n) is 16.1. The molecule has 0 spiro atoms. The number of carbonyl (C=O) groups excluding carboxylic acids is 1. The van der Waals surface area contributed by atoms with E-state index >= 15 is 0 Å². The first kappa shape index (κ1) is 19.3. The summed E-state index contributed by atoms with van der Waals surface area (Å²) in [6.45, 7) is 0.247. The van der Waals surface area contributed by atoms with Gasteiger partial charge in [0.2, 0.25) is 5.91 Å². The molecule has 0 bridgehead atoms. The second-order valence-corrected chi connectivity index (χ2v) is 6.71. The summed E-state index contributed by atoms with van der Waals surface area (Å²) < 4.78 is 2.39. The standard InChI is InChI=1S/C22H19N5O3/c28-20(23-12-13-26-21(29)6-3-11-24-26)15-27-22(30)10-9-19(25-27)18-8-7-16-4-1-2-5-17(16)14-18/h1-11,14H,12-13,15H2,(H,23,28). The van der Waals surface area contributed by atoms with Crippen molar-refractivity contribution in [2.24, 2.45) is 0 Å². The van der Waals surface area contributed by atoms with E-state index in [-0.39, 0.29) is 36.7 Å². The van der Waals surface area contributed by atoms with Crippen LogP contribution in [0, 0.1) is 0 Å². The molecule has 0 saturated heterocycles. The van der Waals surface area contributed by atoms with E-state index in [2.05, 4.69) is 15.5 Å². The van der Waals surface area contributed by atoms with Crippen LogP contribution < -0.4 is 16.4 Å². The second-order valence-electron chi connectivity index (χ2n) is 6.71. The quantitative estimate of drug-likeness (QED) is 0.527. The largest absolute Gasteiger partial charge is 0.353 e. The molecule has 0 radical (unpaired) electrons. The van der Waals surface area contributed by atoms with Crippen LogP contribution in [-0.2, 0) is 17.9 Å². The minimum atomic E-state index is -0.371. The van der Waals surface area contributed by atoms with Gasteiger partial charge in [0.05, 0.1) is 12.2 Å². The van der Waals surface area contributed by atoms with Crippen molar-refractivity contribution in [3.8, 4) is 11.3 Å². The molecule has 0 unspecified atom stereocenters. The molecule has 1 amide bonds. The molecule has 150 valence electrons. The molecule has 8 heteroatoms. The van der Waals surface area contributed by atoms with Gasteiger partial charge in [-0.3, -0.25) is 14.4 Å². The smallest absolute Gasteiger partial charge is 0.267 e. The molecule has 2 heterocycles. The predicted molar refractivity (Wildman–Crippen MR) is 113 cm³/mol. The van der Waals surface area contributed by atoms with E-state index in [4.69, 9.17) is 0 Å². The van der Waals surface area contributed by atoms with E-state index in [1.807, 2.05) is 42.5 Å². The monoisotopic (exact) mass is 401 g/mol. The van der Waals surface area contributed by atoms with Gasteiger partial charge in [0.25, 0.3) is 11.1 Å². The Labute approximate surface area is 171 Å². The van der Waals surface area contributed by atoms with Crippen molar-refractivity contribution < 1.29 is 4.79 Å². The van der Waals surface area contributed by atoms with Gasteiger partial charge in [-0.15, -0.1) is 0 Å². The van der Waals surface area contributed by atoms with E-state index in [0.717, 1.165) is 21.0 Å². The Hall–Kier alpha value is -4.07. The van der Waals surface area contributed by atoms with Crippen LogP contribution in [0.4, 0.5) is 0 Å². The lowest BCUT2D eigenvalue weighted by Gasteiger charge is -2.09. The molecule has 0 saturated carbocycles. The van der Waals surface area contributed by atoms with E-state index in [0.29, 0.717) is 5.69 Å². The average Bonchev–Trinajstić information content (AvgIpc) is 2.76. The lowest BCUT2D eigenvalue weighted by Crippen LogP contribution is -2.36. The molecule has 0 atom stereocenters. The summed E-state index contributed by atoms with van der Waals surface area (Å²) in [5.74, 6) is -0.371. The highest BCUT2D eigenvalue weighted by atomic mass is 16.2. The summed E-state index contributed by atoms with van der Waals surface area (Å²) in [6, 6.07) is 19.9. The van der Waals surface area contributed by atoms with Gasteiger partial charge in [-0.1, -0.05) is 36.4 Å². The Morgan fingerprint density at radius 2 is 1.67 bits per heavy atom. The fraction of sp³-hybridized carbons (Fsp3) is 0.136. The van der Waals surface area contributed by atoms with Crippen molar-refractivity contribution in [2.45, 2.75) is 13.1 Å². The van der Waals surface area contributed by atoms with Gasteiger partial charge in [0, 0.05) is 30.4 Å². The van der Waals surface area contributed by atoms with Gasteiger partial charge in [0.15, 0.2) is 0 Å². The molecule has 2 aromatic heterocycles. The third-order valence-corrected chi connectivity index (χ3v) is 4.64. The maximum Gasteiger partial charge on any atom is 0.267 e. The number of benzene rings is 2. The highest BCUT2D eigenvalue weighted by Gasteiger charge is 2.09. The normalized spacial score (nSPS) is 10.8. The number of hydrogen-bond donors (Lipinski definition) is 1. The zero-order valence-corrected chi connectivity index (χ0v) is 16.1. The highest BCUT2D eigenvalue weighted by molar-refractivity contribution is 5.86. The second kappa shape index (κ2) is 8.52. The van der Waals surface area contributed by atoms with Gasteiger partial charge < -0.3 is 5.32 Å². The van der Waals surface area contributed by atoms with E-state index in [1.165, 1.54) is 23.0 Å². The van der Waals surface area contributed by atoms with Gasteiger partial charge in [-0.05, 0) is 29.0 Å². The molecule has 8 nitrogen and oxygen atoms in total. The Morgan fingerprint density at radius 1 is 0.867 bits per heavy atom. The topological polar surface area (TPSA) is 98.9 Å². The number of aromatic nitrogens is 4. The fourth-order valence-corrected chi connectivity index (χ4v) is 3.11. The number of amides is 1. The van der Waals surface area contributed by atoms with Crippen LogP contribution in [0.2, 0.25) is 0 Å². The SMILES string of the molecule is O=C(Cn1nc(-c2ccc3ccccc3c2)ccc1=O)NCCn1ncccc1=O. The van der Waals surface area contributed by atoms with Crippen LogP contribution in [0.3, 0.4) is 0 Å². The van der Waals surface area contributed by atoms with Gasteiger partial charge >= 0.3 is 0 Å².